The van der Waals surface area contributed by atoms with Gasteiger partial charge in [-0.05, 0) is 26.7 Å². The van der Waals surface area contributed by atoms with Crippen molar-refractivity contribution in [2.75, 3.05) is 13.7 Å². The van der Waals surface area contributed by atoms with Crippen molar-refractivity contribution in [3.63, 3.8) is 0 Å². The minimum Gasteiger partial charge on any atom is -0.388 e. The predicted octanol–water partition coefficient (Wildman–Crippen LogP) is 1.08. The van der Waals surface area contributed by atoms with Gasteiger partial charge in [0.1, 0.15) is 5.60 Å². The van der Waals surface area contributed by atoms with Gasteiger partial charge in [0.15, 0.2) is 0 Å². The minimum absolute atomic E-state index is 0.179. The van der Waals surface area contributed by atoms with Gasteiger partial charge in [-0.3, -0.25) is 4.79 Å². The summed E-state index contributed by atoms with van der Waals surface area (Å²) in [5.74, 6) is -0.179. The molecule has 0 aliphatic rings. The van der Waals surface area contributed by atoms with Crippen LogP contribution in [0.2, 0.25) is 0 Å². The van der Waals surface area contributed by atoms with Gasteiger partial charge in [-0.25, -0.2) is 0 Å². The third-order valence-electron chi connectivity index (χ3n) is 3.00. The molecule has 0 aliphatic heterocycles. The highest BCUT2D eigenvalue weighted by molar-refractivity contribution is 5.84. The van der Waals surface area contributed by atoms with Crippen molar-refractivity contribution in [2.24, 2.45) is 0 Å². The monoisotopic (exact) mass is 217 g/mol. The Morgan fingerprint density at radius 2 is 1.87 bits per heavy atom. The van der Waals surface area contributed by atoms with E-state index in [0.717, 1.165) is 0 Å². The maximum Gasteiger partial charge on any atom is 0.252 e. The summed E-state index contributed by atoms with van der Waals surface area (Å²) in [7, 11) is 1.51. The lowest BCUT2D eigenvalue weighted by molar-refractivity contribution is -0.142. The first kappa shape index (κ1) is 14.4. The SMILES string of the molecule is CCC(C)(O)CNC(=O)C(C)(CC)OC. The molecule has 0 radical (unpaired) electrons. The second kappa shape index (κ2) is 5.47. The van der Waals surface area contributed by atoms with E-state index in [1.165, 1.54) is 7.11 Å². The van der Waals surface area contributed by atoms with E-state index in [9.17, 15) is 9.90 Å². The topological polar surface area (TPSA) is 58.6 Å². The Morgan fingerprint density at radius 3 is 2.20 bits per heavy atom. The number of carbonyl (C=O) groups excluding carboxylic acids is 1. The number of hydrogen-bond acceptors (Lipinski definition) is 3. The predicted molar refractivity (Wildman–Crippen MR) is 59.6 cm³/mol. The standard InChI is InChI=1S/C11H23NO3/c1-6-10(3,14)8-12-9(13)11(4,7-2)15-5/h14H,6-8H2,1-5H3,(H,12,13). The number of methoxy groups -OCH3 is 1. The van der Waals surface area contributed by atoms with E-state index in [4.69, 9.17) is 4.74 Å². The van der Waals surface area contributed by atoms with Crippen molar-refractivity contribution in [2.45, 2.75) is 51.7 Å². The smallest absolute Gasteiger partial charge is 0.252 e. The van der Waals surface area contributed by atoms with Gasteiger partial charge in [-0.2, -0.15) is 0 Å². The minimum atomic E-state index is -0.849. The molecule has 0 spiro atoms. The number of carbonyl (C=O) groups is 1. The molecule has 0 rings (SSSR count). The van der Waals surface area contributed by atoms with Crippen LogP contribution in [0.5, 0.6) is 0 Å². The molecule has 0 fully saturated rings. The summed E-state index contributed by atoms with van der Waals surface area (Å²) >= 11 is 0. The molecular formula is C11H23NO3. The molecule has 0 saturated heterocycles. The fraction of sp³-hybridized carbons (Fsp3) is 0.909. The van der Waals surface area contributed by atoms with Crippen LogP contribution in [-0.4, -0.2) is 35.9 Å². The summed E-state index contributed by atoms with van der Waals surface area (Å²) < 4.78 is 5.15. The number of nitrogens with one attached hydrogen (secondary N) is 1. The molecule has 90 valence electrons. The Bertz CT molecular complexity index is 210. The molecule has 2 unspecified atom stereocenters. The molecule has 2 atom stereocenters. The van der Waals surface area contributed by atoms with Crippen molar-refractivity contribution >= 4 is 5.91 Å². The van der Waals surface area contributed by atoms with Crippen molar-refractivity contribution in [3.05, 3.63) is 0 Å². The second-order valence-electron chi connectivity index (χ2n) is 4.32. The van der Waals surface area contributed by atoms with E-state index in [0.29, 0.717) is 12.8 Å². The van der Waals surface area contributed by atoms with Crippen LogP contribution in [0.25, 0.3) is 0 Å². The normalized spacial score (nSPS) is 19.1. The average Bonchev–Trinajstić information content (AvgIpc) is 2.24. The van der Waals surface area contributed by atoms with E-state index in [1.807, 2.05) is 13.8 Å². The Kier molecular flexibility index (Phi) is 5.24. The highest BCUT2D eigenvalue weighted by Gasteiger charge is 2.32. The molecule has 2 N–H and O–H groups in total. The third kappa shape index (κ3) is 4.18. The van der Waals surface area contributed by atoms with Crippen molar-refractivity contribution < 1.29 is 14.6 Å². The Morgan fingerprint density at radius 1 is 1.33 bits per heavy atom. The average molecular weight is 217 g/mol. The number of hydrogen-bond donors (Lipinski definition) is 2. The molecule has 0 aromatic carbocycles. The molecule has 1 amide bonds. The fourth-order valence-electron chi connectivity index (χ4n) is 0.980. The highest BCUT2D eigenvalue weighted by atomic mass is 16.5. The van der Waals surface area contributed by atoms with Crippen LogP contribution in [0.1, 0.15) is 40.5 Å². The van der Waals surface area contributed by atoms with Gasteiger partial charge in [-0.1, -0.05) is 13.8 Å². The van der Waals surface area contributed by atoms with Gasteiger partial charge in [0.2, 0.25) is 0 Å². The van der Waals surface area contributed by atoms with Gasteiger partial charge < -0.3 is 15.2 Å². The Hall–Kier alpha value is -0.610. The molecule has 0 aliphatic carbocycles. The first-order valence-corrected chi connectivity index (χ1v) is 5.37. The maximum absolute atomic E-state index is 11.7. The molecule has 4 nitrogen and oxygen atoms in total. The summed E-state index contributed by atoms with van der Waals surface area (Å²) in [6.07, 6.45) is 1.20. The van der Waals surface area contributed by atoms with Gasteiger partial charge in [0, 0.05) is 13.7 Å². The van der Waals surface area contributed by atoms with Gasteiger partial charge >= 0.3 is 0 Å². The number of aliphatic hydroxyl groups is 1. The van der Waals surface area contributed by atoms with Gasteiger partial charge in [0.05, 0.1) is 5.60 Å². The van der Waals surface area contributed by atoms with E-state index in [2.05, 4.69) is 5.32 Å². The third-order valence-corrected chi connectivity index (χ3v) is 3.00. The van der Waals surface area contributed by atoms with Crippen LogP contribution < -0.4 is 5.32 Å². The largest absolute Gasteiger partial charge is 0.388 e. The fourth-order valence-corrected chi connectivity index (χ4v) is 0.980. The first-order chi connectivity index (χ1) is 6.81. The van der Waals surface area contributed by atoms with Crippen LogP contribution in [0.3, 0.4) is 0 Å². The van der Waals surface area contributed by atoms with E-state index >= 15 is 0 Å². The van der Waals surface area contributed by atoms with E-state index in [-0.39, 0.29) is 12.5 Å². The zero-order valence-electron chi connectivity index (χ0n) is 10.4. The summed E-state index contributed by atoms with van der Waals surface area (Å²) in [5, 5.41) is 12.4. The second-order valence-corrected chi connectivity index (χ2v) is 4.32. The molecule has 15 heavy (non-hydrogen) atoms. The molecular weight excluding hydrogens is 194 g/mol. The number of rotatable bonds is 6. The lowest BCUT2D eigenvalue weighted by Crippen LogP contribution is -2.50. The van der Waals surface area contributed by atoms with Crippen LogP contribution in [0.4, 0.5) is 0 Å². The molecule has 4 heteroatoms. The molecule has 0 saturated carbocycles. The maximum atomic E-state index is 11.7. The first-order valence-electron chi connectivity index (χ1n) is 5.37. The van der Waals surface area contributed by atoms with Crippen LogP contribution >= 0.6 is 0 Å². The summed E-state index contributed by atoms with van der Waals surface area (Å²) in [6, 6.07) is 0. The van der Waals surface area contributed by atoms with E-state index in [1.54, 1.807) is 13.8 Å². The molecule has 0 aromatic heterocycles. The van der Waals surface area contributed by atoms with Crippen molar-refractivity contribution in [1.29, 1.82) is 0 Å². The number of ether oxygens (including phenoxy) is 1. The molecule has 0 heterocycles. The van der Waals surface area contributed by atoms with Crippen LogP contribution in [0.15, 0.2) is 0 Å². The lowest BCUT2D eigenvalue weighted by atomic mass is 10.00. The summed E-state index contributed by atoms with van der Waals surface area (Å²) in [4.78, 5) is 11.7. The van der Waals surface area contributed by atoms with Gasteiger partial charge in [-0.15, -0.1) is 0 Å². The Balaban J connectivity index is 4.26. The zero-order chi connectivity index (χ0) is 12.1. The molecule has 0 aromatic rings. The Labute approximate surface area is 92.0 Å². The lowest BCUT2D eigenvalue weighted by Gasteiger charge is -2.28. The molecule has 0 bridgehead atoms. The summed E-state index contributed by atoms with van der Waals surface area (Å²) in [5.41, 5.74) is -1.65. The van der Waals surface area contributed by atoms with Crippen LogP contribution in [-0.2, 0) is 9.53 Å². The van der Waals surface area contributed by atoms with Crippen LogP contribution in [0, 0.1) is 0 Å². The van der Waals surface area contributed by atoms with Crippen molar-refractivity contribution in [1.82, 2.24) is 5.32 Å². The summed E-state index contributed by atoms with van der Waals surface area (Å²) in [6.45, 7) is 7.45. The highest BCUT2D eigenvalue weighted by Crippen LogP contribution is 2.14. The zero-order valence-corrected chi connectivity index (χ0v) is 10.4. The van der Waals surface area contributed by atoms with E-state index < -0.39 is 11.2 Å². The van der Waals surface area contributed by atoms with Crippen molar-refractivity contribution in [3.8, 4) is 0 Å². The number of amides is 1. The quantitative estimate of drug-likeness (QED) is 0.700. The van der Waals surface area contributed by atoms with Gasteiger partial charge in [0.25, 0.3) is 5.91 Å².